The zero-order chi connectivity index (χ0) is 13.8. The number of anilines is 1. The highest BCUT2D eigenvalue weighted by molar-refractivity contribution is 6.10. The first-order valence-corrected chi connectivity index (χ1v) is 6.08. The zero-order valence-corrected chi connectivity index (χ0v) is 11.4. The lowest BCUT2D eigenvalue weighted by atomic mass is 10.0. The Balaban J connectivity index is 2.33. The highest BCUT2D eigenvalue weighted by Gasteiger charge is 2.13. The summed E-state index contributed by atoms with van der Waals surface area (Å²) in [5.74, 6) is 0.576. The van der Waals surface area contributed by atoms with Gasteiger partial charge in [0.2, 0.25) is 0 Å². The van der Waals surface area contributed by atoms with E-state index in [0.29, 0.717) is 16.9 Å². The number of para-hydroxylation sites is 1. The smallest absolute Gasteiger partial charge is 0.196 e. The van der Waals surface area contributed by atoms with E-state index in [-0.39, 0.29) is 5.78 Å². The predicted molar refractivity (Wildman–Crippen MR) is 77.2 cm³/mol. The number of nitrogens with zero attached hydrogens (tertiary/aromatic N) is 1. The summed E-state index contributed by atoms with van der Waals surface area (Å²) < 4.78 is 5.22. The van der Waals surface area contributed by atoms with E-state index in [2.05, 4.69) is 0 Å². The number of ether oxygens (including phenoxy) is 1. The summed E-state index contributed by atoms with van der Waals surface area (Å²) in [5, 5.41) is 0. The summed E-state index contributed by atoms with van der Waals surface area (Å²) >= 11 is 0. The Morgan fingerprint density at radius 3 is 2.21 bits per heavy atom. The average molecular weight is 255 g/mol. The molecule has 0 saturated heterocycles. The minimum atomic E-state index is -0.0252. The molecule has 2 aromatic carbocycles. The van der Waals surface area contributed by atoms with E-state index in [4.69, 9.17) is 4.74 Å². The number of hydrogen-bond acceptors (Lipinski definition) is 3. The third kappa shape index (κ3) is 2.76. The van der Waals surface area contributed by atoms with E-state index in [0.717, 1.165) is 5.69 Å². The van der Waals surface area contributed by atoms with E-state index in [1.807, 2.05) is 55.4 Å². The van der Waals surface area contributed by atoms with Gasteiger partial charge in [-0.15, -0.1) is 0 Å². The SMILES string of the molecule is COc1ccccc1C(=O)c1ccc(N(C)C)cc1. The van der Waals surface area contributed by atoms with Crippen LogP contribution >= 0.6 is 0 Å². The number of rotatable bonds is 4. The van der Waals surface area contributed by atoms with Crippen molar-refractivity contribution in [3.05, 3.63) is 59.7 Å². The van der Waals surface area contributed by atoms with Crippen molar-refractivity contribution in [1.29, 1.82) is 0 Å². The lowest BCUT2D eigenvalue weighted by molar-refractivity contribution is 0.103. The van der Waals surface area contributed by atoms with Crippen molar-refractivity contribution in [3.8, 4) is 5.75 Å². The van der Waals surface area contributed by atoms with Crippen LogP contribution in [0.1, 0.15) is 15.9 Å². The Morgan fingerprint density at radius 2 is 1.63 bits per heavy atom. The van der Waals surface area contributed by atoms with Crippen LogP contribution in [0, 0.1) is 0 Å². The van der Waals surface area contributed by atoms with Gasteiger partial charge in [-0.1, -0.05) is 12.1 Å². The fraction of sp³-hybridized carbons (Fsp3) is 0.188. The van der Waals surface area contributed by atoms with Gasteiger partial charge in [-0.3, -0.25) is 4.79 Å². The lowest BCUT2D eigenvalue weighted by Gasteiger charge is -2.13. The molecular formula is C16H17NO2. The molecule has 0 spiro atoms. The van der Waals surface area contributed by atoms with Gasteiger partial charge in [-0.05, 0) is 36.4 Å². The number of hydrogen-bond donors (Lipinski definition) is 0. The lowest BCUT2D eigenvalue weighted by Crippen LogP contribution is -2.09. The molecule has 0 atom stereocenters. The van der Waals surface area contributed by atoms with Gasteiger partial charge >= 0.3 is 0 Å². The van der Waals surface area contributed by atoms with Gasteiger partial charge in [0.1, 0.15) is 5.75 Å². The predicted octanol–water partition coefficient (Wildman–Crippen LogP) is 2.99. The molecule has 0 amide bonds. The number of carbonyl (C=O) groups excluding carboxylic acids is 1. The van der Waals surface area contributed by atoms with Crippen molar-refractivity contribution in [3.63, 3.8) is 0 Å². The molecular weight excluding hydrogens is 238 g/mol. The summed E-state index contributed by atoms with van der Waals surface area (Å²) in [7, 11) is 5.51. The molecule has 0 unspecified atom stereocenters. The van der Waals surface area contributed by atoms with Crippen LogP contribution in [0.5, 0.6) is 5.75 Å². The van der Waals surface area contributed by atoms with E-state index >= 15 is 0 Å². The van der Waals surface area contributed by atoms with Crippen LogP contribution in [0.15, 0.2) is 48.5 Å². The minimum absolute atomic E-state index is 0.0252. The fourth-order valence-electron chi connectivity index (χ4n) is 1.90. The molecule has 3 nitrogen and oxygen atoms in total. The minimum Gasteiger partial charge on any atom is -0.496 e. The largest absolute Gasteiger partial charge is 0.496 e. The fourth-order valence-corrected chi connectivity index (χ4v) is 1.90. The normalized spacial score (nSPS) is 10.1. The van der Waals surface area contributed by atoms with Gasteiger partial charge in [0, 0.05) is 25.3 Å². The number of ketones is 1. The Kier molecular flexibility index (Phi) is 3.85. The van der Waals surface area contributed by atoms with E-state index in [1.54, 1.807) is 19.2 Å². The second kappa shape index (κ2) is 5.57. The molecule has 0 heterocycles. The molecule has 0 aromatic heterocycles. The van der Waals surface area contributed by atoms with Crippen LogP contribution in [0.25, 0.3) is 0 Å². The molecule has 0 saturated carbocycles. The van der Waals surface area contributed by atoms with Crippen molar-refractivity contribution in [2.24, 2.45) is 0 Å². The van der Waals surface area contributed by atoms with Crippen molar-refractivity contribution in [2.45, 2.75) is 0 Å². The van der Waals surface area contributed by atoms with Crippen molar-refractivity contribution >= 4 is 11.5 Å². The van der Waals surface area contributed by atoms with Gasteiger partial charge in [0.15, 0.2) is 5.78 Å². The van der Waals surface area contributed by atoms with Gasteiger partial charge in [0.05, 0.1) is 12.7 Å². The average Bonchev–Trinajstić information content (AvgIpc) is 2.46. The zero-order valence-electron chi connectivity index (χ0n) is 11.4. The van der Waals surface area contributed by atoms with Gasteiger partial charge in [-0.2, -0.15) is 0 Å². The van der Waals surface area contributed by atoms with E-state index in [1.165, 1.54) is 0 Å². The summed E-state index contributed by atoms with van der Waals surface area (Å²) in [6.45, 7) is 0. The standard InChI is InChI=1S/C16H17NO2/c1-17(2)13-10-8-12(9-11-13)16(18)14-6-4-5-7-15(14)19-3/h4-11H,1-3H3. The highest BCUT2D eigenvalue weighted by Crippen LogP contribution is 2.22. The molecule has 0 fully saturated rings. The van der Waals surface area contributed by atoms with Gasteiger partial charge < -0.3 is 9.64 Å². The monoisotopic (exact) mass is 255 g/mol. The summed E-state index contributed by atoms with van der Waals surface area (Å²) in [5.41, 5.74) is 2.31. The van der Waals surface area contributed by atoms with Crippen LogP contribution in [0.2, 0.25) is 0 Å². The van der Waals surface area contributed by atoms with Crippen LogP contribution in [0.3, 0.4) is 0 Å². The van der Waals surface area contributed by atoms with Crippen LogP contribution in [-0.2, 0) is 0 Å². The number of benzene rings is 2. The molecule has 0 aliphatic rings. The summed E-state index contributed by atoms with van der Waals surface area (Å²) in [6.07, 6.45) is 0. The Labute approximate surface area is 113 Å². The highest BCUT2D eigenvalue weighted by atomic mass is 16.5. The summed E-state index contributed by atoms with van der Waals surface area (Å²) in [4.78, 5) is 14.4. The van der Waals surface area contributed by atoms with Crippen molar-refractivity contribution in [1.82, 2.24) is 0 Å². The molecule has 0 bridgehead atoms. The van der Waals surface area contributed by atoms with Gasteiger partial charge in [-0.25, -0.2) is 0 Å². The molecule has 3 heteroatoms. The quantitative estimate of drug-likeness (QED) is 0.787. The second-order valence-electron chi connectivity index (χ2n) is 4.47. The third-order valence-electron chi connectivity index (χ3n) is 3.00. The molecule has 2 rings (SSSR count). The Morgan fingerprint density at radius 1 is 1.00 bits per heavy atom. The van der Waals surface area contributed by atoms with E-state index in [9.17, 15) is 4.79 Å². The molecule has 98 valence electrons. The summed E-state index contributed by atoms with van der Waals surface area (Å²) in [6, 6.07) is 14.8. The Bertz CT molecular complexity index is 574. The first-order valence-electron chi connectivity index (χ1n) is 6.08. The third-order valence-corrected chi connectivity index (χ3v) is 3.00. The molecule has 0 radical (unpaired) electrons. The molecule has 0 N–H and O–H groups in total. The van der Waals surface area contributed by atoms with Gasteiger partial charge in [0.25, 0.3) is 0 Å². The maximum absolute atomic E-state index is 12.4. The topological polar surface area (TPSA) is 29.5 Å². The maximum Gasteiger partial charge on any atom is 0.196 e. The number of methoxy groups -OCH3 is 1. The first kappa shape index (κ1) is 13.1. The molecule has 2 aromatic rings. The van der Waals surface area contributed by atoms with Crippen molar-refractivity contribution in [2.75, 3.05) is 26.1 Å². The van der Waals surface area contributed by atoms with Crippen molar-refractivity contribution < 1.29 is 9.53 Å². The van der Waals surface area contributed by atoms with Crippen LogP contribution < -0.4 is 9.64 Å². The number of carbonyl (C=O) groups is 1. The molecule has 19 heavy (non-hydrogen) atoms. The van der Waals surface area contributed by atoms with Crippen LogP contribution in [-0.4, -0.2) is 27.0 Å². The van der Waals surface area contributed by atoms with E-state index < -0.39 is 0 Å². The van der Waals surface area contributed by atoms with Crippen LogP contribution in [0.4, 0.5) is 5.69 Å². The maximum atomic E-state index is 12.4. The Hall–Kier alpha value is -2.29. The first-order chi connectivity index (χ1) is 9.13. The molecule has 0 aliphatic heterocycles. The second-order valence-corrected chi connectivity index (χ2v) is 4.47. The molecule has 0 aliphatic carbocycles.